The predicted molar refractivity (Wildman–Crippen MR) is 85.8 cm³/mol. The first-order valence-electron chi connectivity index (χ1n) is 6.86. The number of hydrogen-bond acceptors (Lipinski definition) is 2. The minimum atomic E-state index is -0.204. The van der Waals surface area contributed by atoms with Crippen molar-refractivity contribution in [3.8, 4) is 0 Å². The van der Waals surface area contributed by atoms with Crippen LogP contribution in [0.5, 0.6) is 0 Å². The fraction of sp³-hybridized carbons (Fsp3) is 0.294. The minimum Gasteiger partial charge on any atom is -0.350 e. The van der Waals surface area contributed by atoms with Crippen molar-refractivity contribution in [1.29, 1.82) is 0 Å². The van der Waals surface area contributed by atoms with Crippen LogP contribution in [0.4, 0.5) is 0 Å². The van der Waals surface area contributed by atoms with Gasteiger partial charge < -0.3 is 5.32 Å². The summed E-state index contributed by atoms with van der Waals surface area (Å²) in [5, 5.41) is 3.64. The van der Waals surface area contributed by atoms with Crippen LogP contribution in [-0.2, 0) is 5.41 Å². The van der Waals surface area contributed by atoms with E-state index in [1.165, 1.54) is 0 Å². The normalized spacial score (nSPS) is 11.2. The van der Waals surface area contributed by atoms with E-state index in [2.05, 4.69) is 24.1 Å². The molecule has 2 aromatic rings. The molecule has 0 atom stereocenters. The zero-order valence-electron chi connectivity index (χ0n) is 12.5. The van der Waals surface area contributed by atoms with Gasteiger partial charge in [-0.1, -0.05) is 43.6 Å². The number of aromatic nitrogens is 1. The first-order valence-corrected chi connectivity index (χ1v) is 7.24. The van der Waals surface area contributed by atoms with Crippen LogP contribution < -0.4 is 5.32 Å². The number of benzene rings is 1. The van der Waals surface area contributed by atoms with Gasteiger partial charge in [0.25, 0.3) is 5.91 Å². The van der Waals surface area contributed by atoms with Gasteiger partial charge in [-0.25, -0.2) is 4.98 Å². The van der Waals surface area contributed by atoms with E-state index >= 15 is 0 Å². The topological polar surface area (TPSA) is 42.0 Å². The second kappa shape index (κ2) is 6.27. The highest BCUT2D eigenvalue weighted by molar-refractivity contribution is 6.30. The second-order valence-electron chi connectivity index (χ2n) is 5.74. The Morgan fingerprint density at radius 2 is 1.95 bits per heavy atom. The summed E-state index contributed by atoms with van der Waals surface area (Å²) in [6.07, 6.45) is 0. The zero-order valence-corrected chi connectivity index (χ0v) is 13.2. The maximum Gasteiger partial charge on any atom is 0.269 e. The molecule has 1 aromatic heterocycles. The van der Waals surface area contributed by atoms with E-state index < -0.39 is 0 Å². The second-order valence-corrected chi connectivity index (χ2v) is 6.18. The lowest BCUT2D eigenvalue weighted by molar-refractivity contribution is 0.0940. The Bertz CT molecular complexity index is 653. The Kier molecular flexibility index (Phi) is 4.63. The third-order valence-corrected chi connectivity index (χ3v) is 3.65. The average molecular weight is 303 g/mol. The fourth-order valence-electron chi connectivity index (χ4n) is 2.07. The average Bonchev–Trinajstić information content (AvgIpc) is 2.45. The molecular formula is C17H19ClN2O. The number of amides is 1. The molecule has 110 valence electrons. The monoisotopic (exact) mass is 302 g/mol. The van der Waals surface area contributed by atoms with E-state index in [4.69, 9.17) is 11.6 Å². The van der Waals surface area contributed by atoms with Gasteiger partial charge in [-0.2, -0.15) is 0 Å². The highest BCUT2D eigenvalue weighted by Gasteiger charge is 2.22. The first-order chi connectivity index (χ1) is 9.88. The summed E-state index contributed by atoms with van der Waals surface area (Å²) in [5.41, 5.74) is 2.16. The molecule has 1 aromatic carbocycles. The van der Waals surface area contributed by atoms with Crippen LogP contribution in [0.25, 0.3) is 0 Å². The van der Waals surface area contributed by atoms with E-state index in [1.54, 1.807) is 6.07 Å². The van der Waals surface area contributed by atoms with E-state index in [0.717, 1.165) is 11.3 Å². The number of aryl methyl sites for hydroxylation is 1. The van der Waals surface area contributed by atoms with Gasteiger partial charge in [0.1, 0.15) is 5.69 Å². The predicted octanol–water partition coefficient (Wildman–Crippen LogP) is 3.75. The third kappa shape index (κ3) is 4.05. The number of nitrogens with one attached hydrogen (secondary N) is 1. The molecule has 4 heteroatoms. The molecule has 1 heterocycles. The van der Waals surface area contributed by atoms with Gasteiger partial charge in [0.15, 0.2) is 0 Å². The SMILES string of the molecule is Cc1cccc(C(=O)NCC(C)(C)c2cccc(Cl)c2)n1. The van der Waals surface area contributed by atoms with Crippen LogP contribution in [0.3, 0.4) is 0 Å². The van der Waals surface area contributed by atoms with Crippen molar-refractivity contribution in [3.63, 3.8) is 0 Å². The number of carbonyl (C=O) groups excluding carboxylic acids is 1. The molecule has 1 amide bonds. The molecule has 0 aliphatic heterocycles. The number of hydrogen-bond donors (Lipinski definition) is 1. The van der Waals surface area contributed by atoms with E-state index in [1.807, 2.05) is 43.3 Å². The van der Waals surface area contributed by atoms with Crippen LogP contribution in [0.1, 0.15) is 35.6 Å². The van der Waals surface area contributed by atoms with Gasteiger partial charge in [-0.3, -0.25) is 4.79 Å². The molecule has 1 N–H and O–H groups in total. The Morgan fingerprint density at radius 3 is 2.62 bits per heavy atom. The largest absolute Gasteiger partial charge is 0.350 e. The number of pyridine rings is 1. The lowest BCUT2D eigenvalue weighted by Crippen LogP contribution is -2.37. The van der Waals surface area contributed by atoms with Gasteiger partial charge in [0.2, 0.25) is 0 Å². The molecule has 3 nitrogen and oxygen atoms in total. The molecule has 0 radical (unpaired) electrons. The molecule has 0 saturated carbocycles. The van der Waals surface area contributed by atoms with Crippen molar-refractivity contribution in [2.45, 2.75) is 26.2 Å². The molecule has 0 unspecified atom stereocenters. The standard InChI is InChI=1S/C17H19ClN2O/c1-12-6-4-9-15(20-12)16(21)19-11-17(2,3)13-7-5-8-14(18)10-13/h4-10H,11H2,1-3H3,(H,19,21). The van der Waals surface area contributed by atoms with Crippen molar-refractivity contribution in [2.75, 3.05) is 6.54 Å². The first kappa shape index (κ1) is 15.5. The van der Waals surface area contributed by atoms with Crippen molar-refractivity contribution in [2.24, 2.45) is 0 Å². The minimum absolute atomic E-state index is 0.159. The number of halogens is 1. The molecule has 0 bridgehead atoms. The van der Waals surface area contributed by atoms with Crippen LogP contribution in [-0.4, -0.2) is 17.4 Å². The van der Waals surface area contributed by atoms with Gasteiger partial charge in [0.05, 0.1) is 0 Å². The summed E-state index contributed by atoms with van der Waals surface area (Å²) in [6, 6.07) is 13.1. The Hall–Kier alpha value is -1.87. The summed E-state index contributed by atoms with van der Waals surface area (Å²) in [5.74, 6) is -0.159. The maximum absolute atomic E-state index is 12.1. The fourth-order valence-corrected chi connectivity index (χ4v) is 2.26. The van der Waals surface area contributed by atoms with Gasteiger partial charge in [0, 0.05) is 22.7 Å². The van der Waals surface area contributed by atoms with Gasteiger partial charge in [-0.15, -0.1) is 0 Å². The molecule has 0 aliphatic rings. The lowest BCUT2D eigenvalue weighted by Gasteiger charge is -2.25. The number of rotatable bonds is 4. The quantitative estimate of drug-likeness (QED) is 0.934. The smallest absolute Gasteiger partial charge is 0.269 e. The van der Waals surface area contributed by atoms with Crippen molar-refractivity contribution >= 4 is 17.5 Å². The van der Waals surface area contributed by atoms with Gasteiger partial charge in [-0.05, 0) is 36.8 Å². The molecule has 0 fully saturated rings. The van der Waals surface area contributed by atoms with Crippen molar-refractivity contribution in [3.05, 3.63) is 64.4 Å². The third-order valence-electron chi connectivity index (χ3n) is 3.42. The summed E-state index contributed by atoms with van der Waals surface area (Å²) >= 11 is 6.03. The van der Waals surface area contributed by atoms with Crippen LogP contribution in [0, 0.1) is 6.92 Å². The highest BCUT2D eigenvalue weighted by atomic mass is 35.5. The lowest BCUT2D eigenvalue weighted by atomic mass is 9.84. The summed E-state index contributed by atoms with van der Waals surface area (Å²) in [4.78, 5) is 16.4. The van der Waals surface area contributed by atoms with Crippen LogP contribution in [0.2, 0.25) is 5.02 Å². The van der Waals surface area contributed by atoms with Crippen LogP contribution in [0.15, 0.2) is 42.5 Å². The Balaban J connectivity index is 2.06. The van der Waals surface area contributed by atoms with E-state index in [0.29, 0.717) is 17.3 Å². The zero-order chi connectivity index (χ0) is 15.5. The highest BCUT2D eigenvalue weighted by Crippen LogP contribution is 2.24. The van der Waals surface area contributed by atoms with E-state index in [-0.39, 0.29) is 11.3 Å². The summed E-state index contributed by atoms with van der Waals surface area (Å²) in [6.45, 7) is 6.53. The Morgan fingerprint density at radius 1 is 1.24 bits per heavy atom. The number of carbonyl (C=O) groups is 1. The molecule has 0 saturated heterocycles. The molecular weight excluding hydrogens is 284 g/mol. The maximum atomic E-state index is 12.1. The number of nitrogens with zero attached hydrogens (tertiary/aromatic N) is 1. The van der Waals surface area contributed by atoms with Crippen molar-refractivity contribution in [1.82, 2.24) is 10.3 Å². The summed E-state index contributed by atoms with van der Waals surface area (Å²) in [7, 11) is 0. The Labute approximate surface area is 130 Å². The van der Waals surface area contributed by atoms with E-state index in [9.17, 15) is 4.79 Å². The molecule has 2 rings (SSSR count). The van der Waals surface area contributed by atoms with Crippen LogP contribution >= 0.6 is 11.6 Å². The molecule has 0 aliphatic carbocycles. The summed E-state index contributed by atoms with van der Waals surface area (Å²) < 4.78 is 0. The molecule has 21 heavy (non-hydrogen) atoms. The van der Waals surface area contributed by atoms with Gasteiger partial charge >= 0.3 is 0 Å². The molecule has 0 spiro atoms. The van der Waals surface area contributed by atoms with Crippen molar-refractivity contribution < 1.29 is 4.79 Å².